The lowest BCUT2D eigenvalue weighted by atomic mass is 10.3. The van der Waals surface area contributed by atoms with Crippen LogP contribution < -0.4 is 0 Å². The first-order chi connectivity index (χ1) is 10.2. The number of rotatable bonds is 3. The number of amides is 1. The van der Waals surface area contributed by atoms with Crippen molar-refractivity contribution < 1.29 is 4.79 Å². The summed E-state index contributed by atoms with van der Waals surface area (Å²) < 4.78 is 10.1. The van der Waals surface area contributed by atoms with E-state index in [-0.39, 0.29) is 5.91 Å². The van der Waals surface area contributed by atoms with Crippen molar-refractivity contribution in [3.05, 3.63) is 22.8 Å². The second kappa shape index (κ2) is 6.10. The first kappa shape index (κ1) is 14.5. The van der Waals surface area contributed by atoms with Gasteiger partial charge in [-0.15, -0.1) is 5.10 Å². The molecule has 0 N–H and O–H groups in total. The van der Waals surface area contributed by atoms with Crippen molar-refractivity contribution in [1.29, 1.82) is 0 Å². The Morgan fingerprint density at radius 1 is 1.24 bits per heavy atom. The van der Waals surface area contributed by atoms with Crippen LogP contribution in [0.15, 0.2) is 0 Å². The Bertz CT molecular complexity index is 646. The van der Waals surface area contributed by atoms with Crippen LogP contribution in [-0.4, -0.2) is 59.1 Å². The molecular formula is C12H16N6OS2. The quantitative estimate of drug-likeness (QED) is 0.838. The summed E-state index contributed by atoms with van der Waals surface area (Å²) in [6, 6.07) is 0. The van der Waals surface area contributed by atoms with Gasteiger partial charge in [-0.25, -0.2) is 4.68 Å². The molecular weight excluding hydrogens is 308 g/mol. The summed E-state index contributed by atoms with van der Waals surface area (Å²) in [6.45, 7) is 5.86. The van der Waals surface area contributed by atoms with Crippen molar-refractivity contribution >= 4 is 29.4 Å². The second-order valence-corrected chi connectivity index (χ2v) is 6.64. The average molecular weight is 324 g/mol. The van der Waals surface area contributed by atoms with E-state index in [4.69, 9.17) is 0 Å². The minimum atomic E-state index is -0.0211. The predicted octanol–water partition coefficient (Wildman–Crippen LogP) is 0.984. The van der Waals surface area contributed by atoms with Crippen molar-refractivity contribution in [2.24, 2.45) is 0 Å². The van der Waals surface area contributed by atoms with Crippen LogP contribution in [0.1, 0.15) is 27.6 Å². The lowest BCUT2D eigenvalue weighted by Crippen LogP contribution is -2.38. The molecule has 112 valence electrons. The molecule has 0 aliphatic carbocycles. The fourth-order valence-electron chi connectivity index (χ4n) is 2.16. The van der Waals surface area contributed by atoms with Gasteiger partial charge in [0.2, 0.25) is 0 Å². The van der Waals surface area contributed by atoms with E-state index < -0.39 is 0 Å². The highest BCUT2D eigenvalue weighted by atomic mass is 32.2. The van der Waals surface area contributed by atoms with E-state index in [2.05, 4.69) is 19.1 Å². The molecule has 1 saturated heterocycles. The van der Waals surface area contributed by atoms with Crippen LogP contribution in [0.2, 0.25) is 0 Å². The maximum Gasteiger partial charge on any atom is 0.276 e. The Morgan fingerprint density at radius 3 is 2.67 bits per heavy atom. The lowest BCUT2D eigenvalue weighted by Gasteiger charge is -2.25. The van der Waals surface area contributed by atoms with Gasteiger partial charge in [-0.1, -0.05) is 5.21 Å². The maximum atomic E-state index is 12.5. The zero-order chi connectivity index (χ0) is 14.8. The summed E-state index contributed by atoms with van der Waals surface area (Å²) in [6.07, 6.45) is 0. The number of hydrogen-bond acceptors (Lipinski definition) is 7. The SMILES string of the molecule is Cc1nsnc1Cn1nnc(C(=O)N2CCSCC2)c1C. The number of carbonyl (C=O) groups is 1. The van der Waals surface area contributed by atoms with Crippen LogP contribution in [0.3, 0.4) is 0 Å². The normalized spacial score (nSPS) is 15.4. The van der Waals surface area contributed by atoms with E-state index in [9.17, 15) is 4.79 Å². The summed E-state index contributed by atoms with van der Waals surface area (Å²) >= 11 is 3.06. The number of thioether (sulfide) groups is 1. The minimum Gasteiger partial charge on any atom is -0.336 e. The van der Waals surface area contributed by atoms with E-state index >= 15 is 0 Å². The van der Waals surface area contributed by atoms with Gasteiger partial charge in [0.25, 0.3) is 5.91 Å². The maximum absolute atomic E-state index is 12.5. The van der Waals surface area contributed by atoms with Crippen molar-refractivity contribution in [2.75, 3.05) is 24.6 Å². The van der Waals surface area contributed by atoms with Gasteiger partial charge < -0.3 is 4.90 Å². The van der Waals surface area contributed by atoms with Crippen LogP contribution in [0.5, 0.6) is 0 Å². The number of hydrogen-bond donors (Lipinski definition) is 0. The molecule has 0 atom stereocenters. The molecule has 0 radical (unpaired) electrons. The highest BCUT2D eigenvalue weighted by molar-refractivity contribution is 7.99. The zero-order valence-corrected chi connectivity index (χ0v) is 13.6. The first-order valence-electron chi connectivity index (χ1n) is 6.72. The molecule has 7 nitrogen and oxygen atoms in total. The smallest absolute Gasteiger partial charge is 0.276 e. The highest BCUT2D eigenvalue weighted by Crippen LogP contribution is 2.15. The Morgan fingerprint density at radius 2 is 2.00 bits per heavy atom. The molecule has 1 amide bonds. The van der Waals surface area contributed by atoms with Gasteiger partial charge >= 0.3 is 0 Å². The molecule has 1 aliphatic heterocycles. The zero-order valence-electron chi connectivity index (χ0n) is 11.9. The summed E-state index contributed by atoms with van der Waals surface area (Å²) in [4.78, 5) is 14.3. The third-order valence-corrected chi connectivity index (χ3v) is 5.13. The molecule has 2 aromatic heterocycles. The third kappa shape index (κ3) is 2.93. The van der Waals surface area contributed by atoms with E-state index in [1.807, 2.05) is 30.5 Å². The molecule has 0 spiro atoms. The number of carbonyl (C=O) groups excluding carboxylic acids is 1. The van der Waals surface area contributed by atoms with Gasteiger partial charge in [0.1, 0.15) is 0 Å². The molecule has 1 fully saturated rings. The van der Waals surface area contributed by atoms with Crippen LogP contribution >= 0.6 is 23.5 Å². The predicted molar refractivity (Wildman–Crippen MR) is 81.7 cm³/mol. The molecule has 3 rings (SSSR count). The second-order valence-electron chi connectivity index (χ2n) is 4.88. The summed E-state index contributed by atoms with van der Waals surface area (Å²) in [5, 5.41) is 8.17. The van der Waals surface area contributed by atoms with Gasteiger partial charge in [-0.2, -0.15) is 20.5 Å². The Labute approximate surface area is 131 Å². The van der Waals surface area contributed by atoms with Crippen molar-refractivity contribution in [3.8, 4) is 0 Å². The van der Waals surface area contributed by atoms with Crippen molar-refractivity contribution in [3.63, 3.8) is 0 Å². The third-order valence-electron chi connectivity index (χ3n) is 3.53. The fourth-order valence-corrected chi connectivity index (χ4v) is 3.62. The molecule has 0 bridgehead atoms. The number of aryl methyl sites for hydroxylation is 1. The van der Waals surface area contributed by atoms with E-state index in [0.29, 0.717) is 12.2 Å². The molecule has 21 heavy (non-hydrogen) atoms. The average Bonchev–Trinajstić information content (AvgIpc) is 3.07. The minimum absolute atomic E-state index is 0.0211. The molecule has 1 aliphatic rings. The topological polar surface area (TPSA) is 76.8 Å². The highest BCUT2D eigenvalue weighted by Gasteiger charge is 2.24. The summed E-state index contributed by atoms with van der Waals surface area (Å²) in [5.41, 5.74) is 3.01. The van der Waals surface area contributed by atoms with Gasteiger partial charge in [0.05, 0.1) is 35.4 Å². The molecule has 0 aromatic carbocycles. The van der Waals surface area contributed by atoms with Crippen LogP contribution in [0.4, 0.5) is 0 Å². The van der Waals surface area contributed by atoms with Gasteiger partial charge in [-0.3, -0.25) is 4.79 Å². The van der Waals surface area contributed by atoms with Crippen molar-refractivity contribution in [1.82, 2.24) is 28.6 Å². The van der Waals surface area contributed by atoms with E-state index in [1.165, 1.54) is 11.7 Å². The van der Waals surface area contributed by atoms with Gasteiger partial charge in [0.15, 0.2) is 5.69 Å². The lowest BCUT2D eigenvalue weighted by molar-refractivity contribution is 0.0765. The van der Waals surface area contributed by atoms with Gasteiger partial charge in [0, 0.05) is 24.6 Å². The van der Waals surface area contributed by atoms with E-state index in [0.717, 1.165) is 41.7 Å². The molecule has 2 aromatic rings. The number of nitrogens with zero attached hydrogens (tertiary/aromatic N) is 6. The first-order valence-corrected chi connectivity index (χ1v) is 8.60. The van der Waals surface area contributed by atoms with Crippen LogP contribution in [0, 0.1) is 13.8 Å². The molecule has 0 unspecified atom stereocenters. The summed E-state index contributed by atoms with van der Waals surface area (Å²) in [5.74, 6) is 1.96. The summed E-state index contributed by atoms with van der Waals surface area (Å²) in [7, 11) is 0. The Kier molecular flexibility index (Phi) is 4.20. The fraction of sp³-hybridized carbons (Fsp3) is 0.583. The van der Waals surface area contributed by atoms with Crippen LogP contribution in [-0.2, 0) is 6.54 Å². The molecule has 0 saturated carbocycles. The monoisotopic (exact) mass is 324 g/mol. The Balaban J connectivity index is 1.78. The molecule has 3 heterocycles. The Hall–Kier alpha value is -1.48. The van der Waals surface area contributed by atoms with Gasteiger partial charge in [-0.05, 0) is 13.8 Å². The molecule has 9 heteroatoms. The van der Waals surface area contributed by atoms with Crippen molar-refractivity contribution in [2.45, 2.75) is 20.4 Å². The van der Waals surface area contributed by atoms with Crippen LogP contribution in [0.25, 0.3) is 0 Å². The largest absolute Gasteiger partial charge is 0.336 e. The number of aromatic nitrogens is 5. The standard InChI is InChI=1S/C12H16N6OS2/c1-8-10(15-21-14-8)7-18-9(2)11(13-16-18)12(19)17-3-5-20-6-4-17/h3-7H2,1-2H3. The van der Waals surface area contributed by atoms with E-state index in [1.54, 1.807) is 4.68 Å².